The van der Waals surface area contributed by atoms with Crippen molar-refractivity contribution in [1.82, 2.24) is 40.3 Å². The first-order chi connectivity index (χ1) is 34.9. The molecule has 4 N–H and O–H groups in total. The molecule has 0 unspecified atom stereocenters. The van der Waals surface area contributed by atoms with E-state index in [0.717, 1.165) is 109 Å². The van der Waals surface area contributed by atoms with Crippen molar-refractivity contribution in [3.05, 3.63) is 92.8 Å². The number of aryl methyl sites for hydroxylation is 3. The number of β-amino-alcohol motifs (C(OH)–C–C–N with tert-alkyl or cyclic N) is 1. The van der Waals surface area contributed by atoms with Gasteiger partial charge in [-0.05, 0) is 73.1 Å². The summed E-state index contributed by atoms with van der Waals surface area (Å²) in [6.45, 7) is 22.2. The molecule has 3 amide bonds. The number of anilines is 2. The minimum absolute atomic E-state index is 0.0168. The van der Waals surface area contributed by atoms with Gasteiger partial charge in [-0.3, -0.25) is 19.3 Å². The number of nitrogens with one attached hydrogen (secondary N) is 3. The number of benzene rings is 3. The lowest BCUT2D eigenvalue weighted by Crippen LogP contribution is -2.71. The smallest absolute Gasteiger partial charge is 0.246 e. The molecule has 2 aromatic heterocycles. The van der Waals surface area contributed by atoms with Crippen LogP contribution in [0.1, 0.15) is 68.1 Å². The third-order valence-electron chi connectivity index (χ3n) is 14.9. The van der Waals surface area contributed by atoms with Crippen molar-refractivity contribution < 1.29 is 33.4 Å². The summed E-state index contributed by atoms with van der Waals surface area (Å²) in [5.74, 6) is -0.513. The van der Waals surface area contributed by atoms with Crippen LogP contribution in [0.4, 0.5) is 16.0 Å². The van der Waals surface area contributed by atoms with E-state index < -0.39 is 35.4 Å². The number of piperazine rings is 1. The molecule has 0 bridgehead atoms. The molecule has 0 saturated carbocycles. The predicted octanol–water partition coefficient (Wildman–Crippen LogP) is 5.86. The number of halogens is 2. The number of imidazole rings is 1. The zero-order valence-corrected chi connectivity index (χ0v) is 44.7. The summed E-state index contributed by atoms with van der Waals surface area (Å²) in [5.41, 5.74) is 9.52. The highest BCUT2D eigenvalue weighted by Crippen LogP contribution is 2.41. The first-order valence-electron chi connectivity index (χ1n) is 25.5. The lowest BCUT2D eigenvalue weighted by Gasteiger charge is -2.56. The number of aliphatic hydroxyl groups is 1. The normalized spacial score (nSPS) is 19.8. The van der Waals surface area contributed by atoms with Crippen LogP contribution in [-0.4, -0.2) is 157 Å². The van der Waals surface area contributed by atoms with Gasteiger partial charge in [-0.25, -0.2) is 14.4 Å². The van der Waals surface area contributed by atoms with Crippen molar-refractivity contribution in [1.29, 1.82) is 0 Å². The molecule has 4 aliphatic heterocycles. The summed E-state index contributed by atoms with van der Waals surface area (Å²) >= 11 is 8.45. The maximum absolute atomic E-state index is 14.7. The zero-order chi connectivity index (χ0) is 51.8. The molecule has 1 spiro atoms. The molecule has 6 heterocycles. The Morgan fingerprint density at radius 1 is 0.959 bits per heavy atom. The molecule has 16 nitrogen and oxygen atoms in total. The number of carbonyl (C=O) groups is 3. The number of amides is 3. The van der Waals surface area contributed by atoms with E-state index in [9.17, 15) is 23.9 Å². The number of ether oxygens (including phenoxy) is 2. The van der Waals surface area contributed by atoms with Gasteiger partial charge in [0.25, 0.3) is 0 Å². The Morgan fingerprint density at radius 2 is 1.66 bits per heavy atom. The molecule has 0 radical (unpaired) electrons. The van der Waals surface area contributed by atoms with Crippen LogP contribution in [0.3, 0.4) is 0 Å². The Labute approximate surface area is 436 Å². The van der Waals surface area contributed by atoms with Crippen LogP contribution in [0.2, 0.25) is 5.02 Å². The average Bonchev–Trinajstić information content (AvgIpc) is 4.04. The van der Waals surface area contributed by atoms with Crippen LogP contribution >= 0.6 is 22.9 Å². The van der Waals surface area contributed by atoms with E-state index in [0.29, 0.717) is 41.3 Å². The summed E-state index contributed by atoms with van der Waals surface area (Å²) in [6.07, 6.45) is -0.784. The van der Waals surface area contributed by atoms with Gasteiger partial charge in [-0.2, -0.15) is 0 Å². The molecule has 5 aromatic rings. The fourth-order valence-corrected chi connectivity index (χ4v) is 11.7. The van der Waals surface area contributed by atoms with E-state index in [2.05, 4.69) is 40.2 Å². The van der Waals surface area contributed by atoms with Crippen molar-refractivity contribution in [2.75, 3.05) is 102 Å². The van der Waals surface area contributed by atoms with E-state index in [1.807, 2.05) is 103 Å². The number of aliphatic hydroxyl groups excluding tert-OH is 1. The minimum atomic E-state index is -0.967. The Bertz CT molecular complexity index is 2770. The molecule has 0 aliphatic carbocycles. The number of likely N-dealkylation sites (tertiary alicyclic amines) is 1. The maximum atomic E-state index is 14.7. The second kappa shape index (κ2) is 21.9. The van der Waals surface area contributed by atoms with Crippen LogP contribution in [0.25, 0.3) is 21.5 Å². The van der Waals surface area contributed by atoms with Crippen LogP contribution in [-0.2, 0) is 30.4 Å². The molecule has 4 aliphatic rings. The highest BCUT2D eigenvalue weighted by molar-refractivity contribution is 7.13. The SMILES string of the molecule is Cc1cc(Cn2c(N3CC4(CNC4)C3)nc3c(N4CCN(CCOCCOCC(=O)N[C@H](C(=O)N5C[C@H](O)C[C@H]5C(=O)N[C@@H](C)c5ccc(-c6scnc6C)cc5)C(C)(C)C)CC4)cc(Cl)cc32)cc(C)c1F. The standard InChI is InChI=1S/C54H70ClFN10O6S/c1-33-20-37(21-34(2)46(33)56)25-66-43-23-40(55)22-42(47(43)61-52(66)64-30-54(31-64)28-57-29-54)63-14-12-62(13-15-63)16-17-71-18-19-72-27-45(68)60-49(53(5,6)7)51(70)65-26-41(67)24-44(65)50(69)59-35(3)38-8-10-39(11-9-38)48-36(4)58-32-73-48/h8-11,20-23,32,35,41,44,49,57,67H,12-19,24-31H2,1-7H3,(H,59,69)(H,60,68)/t35-,41+,44-,49+/m0/s1. The van der Waals surface area contributed by atoms with Gasteiger partial charge >= 0.3 is 0 Å². The molecule has 4 atom stereocenters. The third-order valence-corrected chi connectivity index (χ3v) is 16.1. The Morgan fingerprint density at radius 3 is 2.30 bits per heavy atom. The van der Waals surface area contributed by atoms with Gasteiger partial charge in [0, 0.05) is 82.3 Å². The van der Waals surface area contributed by atoms with Crippen LogP contribution in [0.5, 0.6) is 0 Å². The number of aromatic nitrogens is 3. The summed E-state index contributed by atoms with van der Waals surface area (Å²) in [7, 11) is 0. The van der Waals surface area contributed by atoms with Gasteiger partial charge in [-0.15, -0.1) is 11.3 Å². The average molecular weight is 1040 g/mol. The van der Waals surface area contributed by atoms with E-state index in [4.69, 9.17) is 26.1 Å². The Kier molecular flexibility index (Phi) is 15.8. The number of carbonyl (C=O) groups excluding carboxylic acids is 3. The highest BCUT2D eigenvalue weighted by Gasteiger charge is 2.49. The Balaban J connectivity index is 0.723. The first-order valence-corrected chi connectivity index (χ1v) is 26.7. The van der Waals surface area contributed by atoms with Gasteiger partial charge in [0.2, 0.25) is 23.7 Å². The molecule has 4 fully saturated rings. The number of hydrogen-bond donors (Lipinski definition) is 4. The lowest BCUT2D eigenvalue weighted by molar-refractivity contribution is -0.144. The molecule has 3 aromatic carbocycles. The number of hydrogen-bond acceptors (Lipinski definition) is 13. The van der Waals surface area contributed by atoms with Crippen LogP contribution < -0.4 is 25.8 Å². The van der Waals surface area contributed by atoms with Gasteiger partial charge in [-0.1, -0.05) is 68.8 Å². The molecule has 19 heteroatoms. The molecule has 4 saturated heterocycles. The molecule has 73 heavy (non-hydrogen) atoms. The van der Waals surface area contributed by atoms with Crippen LogP contribution in [0.15, 0.2) is 54.0 Å². The summed E-state index contributed by atoms with van der Waals surface area (Å²) in [4.78, 5) is 60.3. The van der Waals surface area contributed by atoms with Crippen molar-refractivity contribution >= 4 is 63.3 Å². The molecular formula is C54H70ClFN10O6S. The van der Waals surface area contributed by atoms with Crippen molar-refractivity contribution in [2.24, 2.45) is 10.8 Å². The van der Waals surface area contributed by atoms with Gasteiger partial charge in [0.1, 0.15) is 30.0 Å². The minimum Gasteiger partial charge on any atom is -0.391 e. The Hall–Kier alpha value is -5.21. The number of fused-ring (bicyclic) bond motifs is 1. The summed E-state index contributed by atoms with van der Waals surface area (Å²) in [6, 6.07) is 13.6. The molecule has 9 rings (SSSR count). The number of rotatable bonds is 18. The zero-order valence-electron chi connectivity index (χ0n) is 43.1. The van der Waals surface area contributed by atoms with Gasteiger partial charge in [0.05, 0.1) is 65.8 Å². The van der Waals surface area contributed by atoms with Crippen molar-refractivity contribution in [3.8, 4) is 10.4 Å². The quantitative estimate of drug-likeness (QED) is 0.0773. The number of thiazole rings is 1. The van der Waals surface area contributed by atoms with E-state index in [-0.39, 0.29) is 43.9 Å². The van der Waals surface area contributed by atoms with Crippen molar-refractivity contribution in [3.63, 3.8) is 0 Å². The lowest BCUT2D eigenvalue weighted by atomic mass is 9.75. The summed E-state index contributed by atoms with van der Waals surface area (Å²) in [5, 5.41) is 20.6. The maximum Gasteiger partial charge on any atom is 0.246 e. The highest BCUT2D eigenvalue weighted by atomic mass is 35.5. The first kappa shape index (κ1) is 52.6. The van der Waals surface area contributed by atoms with Crippen LogP contribution in [0, 0.1) is 37.4 Å². The predicted molar refractivity (Wildman–Crippen MR) is 284 cm³/mol. The largest absolute Gasteiger partial charge is 0.391 e. The second-order valence-corrected chi connectivity index (χ2v) is 23.0. The van der Waals surface area contributed by atoms with Gasteiger partial charge in [0.15, 0.2) is 0 Å². The topological polar surface area (TPSA) is 170 Å². The van der Waals surface area contributed by atoms with E-state index in [1.54, 1.807) is 11.3 Å². The summed E-state index contributed by atoms with van der Waals surface area (Å²) < 4.78 is 28.5. The third kappa shape index (κ3) is 11.7. The fraction of sp³-hybridized carbons (Fsp3) is 0.537. The van der Waals surface area contributed by atoms with Crippen molar-refractivity contribution in [2.45, 2.75) is 85.7 Å². The monoisotopic (exact) mass is 1040 g/mol. The second-order valence-electron chi connectivity index (χ2n) is 21.7. The number of nitrogens with zero attached hydrogens (tertiary/aromatic N) is 7. The fourth-order valence-electron chi connectivity index (χ4n) is 10.7. The van der Waals surface area contributed by atoms with Gasteiger partial charge < -0.3 is 49.8 Å². The molecule has 392 valence electrons. The van der Waals surface area contributed by atoms with E-state index >= 15 is 0 Å². The molecular weight excluding hydrogens is 971 g/mol. The van der Waals surface area contributed by atoms with E-state index in [1.165, 1.54) is 4.90 Å².